The summed E-state index contributed by atoms with van der Waals surface area (Å²) < 4.78 is 10.7. The van der Waals surface area contributed by atoms with Crippen LogP contribution in [0.3, 0.4) is 0 Å². The molecule has 0 bridgehead atoms. The summed E-state index contributed by atoms with van der Waals surface area (Å²) in [5, 5.41) is 3.12. The molecule has 5 heteroatoms. The molecule has 1 amide bonds. The number of aryl methyl sites for hydroxylation is 3. The van der Waals surface area contributed by atoms with E-state index >= 15 is 0 Å². The Labute approximate surface area is 168 Å². The minimum absolute atomic E-state index is 0.0415. The summed E-state index contributed by atoms with van der Waals surface area (Å²) in [5.74, 6) is 1.50. The number of anilines is 1. The minimum atomic E-state index is -0.153. The third-order valence-electron chi connectivity index (χ3n) is 5.31. The molecule has 0 saturated carbocycles. The van der Waals surface area contributed by atoms with Crippen molar-refractivity contribution >= 4 is 11.6 Å². The van der Waals surface area contributed by atoms with Crippen LogP contribution in [-0.4, -0.2) is 39.8 Å². The minimum Gasteiger partial charge on any atom is -0.493 e. The van der Waals surface area contributed by atoms with Crippen molar-refractivity contribution in [1.29, 1.82) is 0 Å². The molecule has 0 saturated heterocycles. The number of amides is 1. The maximum absolute atomic E-state index is 12.8. The third-order valence-corrected chi connectivity index (χ3v) is 5.31. The van der Waals surface area contributed by atoms with E-state index in [2.05, 4.69) is 31.4 Å². The molecule has 5 nitrogen and oxygen atoms in total. The van der Waals surface area contributed by atoms with Gasteiger partial charge in [-0.15, -0.1) is 0 Å². The Kier molecular flexibility index (Phi) is 7.46. The van der Waals surface area contributed by atoms with Crippen molar-refractivity contribution in [1.82, 2.24) is 0 Å². The van der Waals surface area contributed by atoms with E-state index < -0.39 is 0 Å². The zero-order valence-corrected chi connectivity index (χ0v) is 18.1. The summed E-state index contributed by atoms with van der Waals surface area (Å²) in [5.41, 5.74) is 5.49. The summed E-state index contributed by atoms with van der Waals surface area (Å²) in [4.78, 5) is 13.9. The van der Waals surface area contributed by atoms with Gasteiger partial charge in [-0.1, -0.05) is 23.8 Å². The Morgan fingerprint density at radius 3 is 2.21 bits per heavy atom. The van der Waals surface area contributed by atoms with Crippen molar-refractivity contribution in [2.45, 2.75) is 40.2 Å². The van der Waals surface area contributed by atoms with Gasteiger partial charge in [0.25, 0.3) is 5.91 Å². The number of rotatable bonds is 8. The highest BCUT2D eigenvalue weighted by Gasteiger charge is 2.23. The van der Waals surface area contributed by atoms with Gasteiger partial charge in [0.1, 0.15) is 0 Å². The van der Waals surface area contributed by atoms with E-state index in [0.717, 1.165) is 51.7 Å². The molecule has 2 N–H and O–H groups in total. The third kappa shape index (κ3) is 5.26. The molecule has 2 atom stereocenters. The molecule has 0 aromatic heterocycles. The van der Waals surface area contributed by atoms with E-state index in [1.165, 1.54) is 5.56 Å². The molecule has 0 aliphatic rings. The molecular weight excluding hydrogens is 352 g/mol. The smallest absolute Gasteiger partial charge is 0.282 e. The number of quaternary nitrogens is 1. The summed E-state index contributed by atoms with van der Waals surface area (Å²) >= 11 is 0. The Morgan fingerprint density at radius 1 is 1.04 bits per heavy atom. The van der Waals surface area contributed by atoms with E-state index in [1.54, 1.807) is 14.2 Å². The molecule has 1 unspecified atom stereocenters. The fourth-order valence-electron chi connectivity index (χ4n) is 3.43. The molecule has 2 aromatic carbocycles. The van der Waals surface area contributed by atoms with Crippen LogP contribution < -0.4 is 19.7 Å². The van der Waals surface area contributed by atoms with Crippen LogP contribution in [0.5, 0.6) is 11.5 Å². The molecule has 152 valence electrons. The number of nitrogens with one attached hydrogen (secondary N) is 2. The Morgan fingerprint density at radius 2 is 1.64 bits per heavy atom. The number of hydrogen-bond donors (Lipinski definition) is 2. The maximum Gasteiger partial charge on any atom is 0.282 e. The number of carbonyl (C=O) groups is 1. The van der Waals surface area contributed by atoms with Gasteiger partial charge >= 0.3 is 0 Å². The molecule has 0 spiro atoms. The second-order valence-electron chi connectivity index (χ2n) is 7.52. The molecule has 2 aromatic rings. The van der Waals surface area contributed by atoms with Gasteiger partial charge in [-0.05, 0) is 56.5 Å². The molecule has 2 rings (SSSR count). The van der Waals surface area contributed by atoms with Gasteiger partial charge in [0.15, 0.2) is 17.5 Å². The lowest BCUT2D eigenvalue weighted by Gasteiger charge is -2.22. The molecule has 0 fully saturated rings. The second kappa shape index (κ2) is 9.60. The zero-order chi connectivity index (χ0) is 20.8. The quantitative estimate of drug-likeness (QED) is 0.735. The van der Waals surface area contributed by atoms with E-state index in [0.29, 0.717) is 0 Å². The van der Waals surface area contributed by atoms with Gasteiger partial charge in [-0.2, -0.15) is 0 Å². The van der Waals surface area contributed by atoms with Gasteiger partial charge in [0.2, 0.25) is 0 Å². The van der Waals surface area contributed by atoms with Crippen LogP contribution in [0.4, 0.5) is 5.69 Å². The van der Waals surface area contributed by atoms with Crippen molar-refractivity contribution in [2.75, 3.05) is 33.1 Å². The number of benzene rings is 2. The van der Waals surface area contributed by atoms with Crippen LogP contribution in [0.2, 0.25) is 0 Å². The molecule has 0 aliphatic heterocycles. The molecule has 0 radical (unpaired) electrons. The van der Waals surface area contributed by atoms with Crippen molar-refractivity contribution in [3.05, 3.63) is 52.6 Å². The van der Waals surface area contributed by atoms with Crippen LogP contribution in [0.25, 0.3) is 0 Å². The van der Waals surface area contributed by atoms with Crippen LogP contribution in [0, 0.1) is 20.8 Å². The van der Waals surface area contributed by atoms with Crippen molar-refractivity contribution in [3.63, 3.8) is 0 Å². The van der Waals surface area contributed by atoms with E-state index in [4.69, 9.17) is 9.47 Å². The fourth-order valence-corrected chi connectivity index (χ4v) is 3.43. The molecular formula is C23H33N2O3+. The summed E-state index contributed by atoms with van der Waals surface area (Å²) in [6.45, 7) is 8.95. The van der Waals surface area contributed by atoms with Gasteiger partial charge in [0, 0.05) is 12.1 Å². The second-order valence-corrected chi connectivity index (χ2v) is 7.52. The van der Waals surface area contributed by atoms with E-state index in [-0.39, 0.29) is 11.9 Å². The Balaban J connectivity index is 1.99. The number of carbonyl (C=O) groups excluding carboxylic acids is 1. The predicted molar refractivity (Wildman–Crippen MR) is 114 cm³/mol. The number of ether oxygens (including phenoxy) is 2. The SMILES string of the molecule is COc1ccc(CC[NH+](C)[C@H](C)C(=O)Nc2c(C)cc(C)cc2C)cc1OC. The molecule has 0 aliphatic carbocycles. The molecule has 0 heterocycles. The Hall–Kier alpha value is -2.53. The maximum atomic E-state index is 12.8. The van der Waals surface area contributed by atoms with Crippen LogP contribution in [0.1, 0.15) is 29.2 Å². The van der Waals surface area contributed by atoms with Gasteiger partial charge in [0.05, 0.1) is 27.8 Å². The molecule has 28 heavy (non-hydrogen) atoms. The first-order valence-corrected chi connectivity index (χ1v) is 9.68. The monoisotopic (exact) mass is 385 g/mol. The van der Waals surface area contributed by atoms with Crippen LogP contribution in [-0.2, 0) is 11.2 Å². The van der Waals surface area contributed by atoms with Gasteiger partial charge < -0.3 is 19.7 Å². The average Bonchev–Trinajstić information content (AvgIpc) is 2.67. The largest absolute Gasteiger partial charge is 0.493 e. The highest BCUT2D eigenvalue weighted by molar-refractivity contribution is 5.95. The average molecular weight is 386 g/mol. The number of likely N-dealkylation sites (N-methyl/N-ethyl adjacent to an activating group) is 1. The first-order valence-electron chi connectivity index (χ1n) is 9.68. The highest BCUT2D eigenvalue weighted by atomic mass is 16.5. The number of hydrogen-bond acceptors (Lipinski definition) is 3. The number of methoxy groups -OCH3 is 2. The first-order chi connectivity index (χ1) is 13.3. The lowest BCUT2D eigenvalue weighted by atomic mass is 10.0. The lowest BCUT2D eigenvalue weighted by Crippen LogP contribution is -3.14. The standard InChI is InChI=1S/C23H32N2O3/c1-15-12-16(2)22(17(3)13-15)24-23(26)18(4)25(5)11-10-19-8-9-20(27-6)21(14-19)28-7/h8-9,12-14,18H,10-11H2,1-7H3,(H,24,26)/p+1/t18-/m1/s1. The Bertz CT molecular complexity index is 810. The topological polar surface area (TPSA) is 52.0 Å². The summed E-state index contributed by atoms with van der Waals surface area (Å²) in [7, 11) is 5.33. The summed E-state index contributed by atoms with van der Waals surface area (Å²) in [6.07, 6.45) is 0.854. The normalized spacial score (nSPS) is 13.0. The van der Waals surface area contributed by atoms with Gasteiger partial charge in [-0.3, -0.25) is 4.79 Å². The van der Waals surface area contributed by atoms with Crippen molar-refractivity contribution < 1.29 is 19.2 Å². The summed E-state index contributed by atoms with van der Waals surface area (Å²) in [6, 6.07) is 10.00. The first kappa shape index (κ1) is 21.8. The van der Waals surface area contributed by atoms with E-state index in [1.807, 2.05) is 39.0 Å². The van der Waals surface area contributed by atoms with Gasteiger partial charge in [-0.25, -0.2) is 0 Å². The van der Waals surface area contributed by atoms with Crippen molar-refractivity contribution in [2.24, 2.45) is 0 Å². The zero-order valence-electron chi connectivity index (χ0n) is 18.1. The van der Waals surface area contributed by atoms with E-state index in [9.17, 15) is 4.79 Å². The van der Waals surface area contributed by atoms with Crippen LogP contribution in [0.15, 0.2) is 30.3 Å². The predicted octanol–water partition coefficient (Wildman–Crippen LogP) is 2.71. The lowest BCUT2D eigenvalue weighted by molar-refractivity contribution is -0.893. The highest BCUT2D eigenvalue weighted by Crippen LogP contribution is 2.27. The fraction of sp³-hybridized carbons (Fsp3) is 0.435. The van der Waals surface area contributed by atoms with Crippen molar-refractivity contribution in [3.8, 4) is 11.5 Å². The van der Waals surface area contributed by atoms with Crippen LogP contribution >= 0.6 is 0 Å².